The van der Waals surface area contributed by atoms with E-state index in [0.29, 0.717) is 33.8 Å². The van der Waals surface area contributed by atoms with E-state index in [9.17, 15) is 9.59 Å². The summed E-state index contributed by atoms with van der Waals surface area (Å²) < 4.78 is 1.80. The van der Waals surface area contributed by atoms with Crippen LogP contribution in [0, 0.1) is 12.8 Å². The predicted molar refractivity (Wildman–Crippen MR) is 121 cm³/mol. The van der Waals surface area contributed by atoms with Crippen molar-refractivity contribution < 1.29 is 9.59 Å². The Morgan fingerprint density at radius 3 is 2.57 bits per heavy atom. The molecule has 3 aromatic rings. The first kappa shape index (κ1) is 22.1. The monoisotopic (exact) mass is 442 g/mol. The van der Waals surface area contributed by atoms with Gasteiger partial charge in [-0.2, -0.15) is 0 Å². The summed E-state index contributed by atoms with van der Waals surface area (Å²) in [6, 6.07) is 12.6. The van der Waals surface area contributed by atoms with Gasteiger partial charge < -0.3 is 5.32 Å². The van der Waals surface area contributed by atoms with Gasteiger partial charge in [0, 0.05) is 22.7 Å². The minimum Gasteiger partial charge on any atom is -0.326 e. The van der Waals surface area contributed by atoms with Crippen molar-refractivity contribution in [2.24, 2.45) is 5.92 Å². The minimum atomic E-state index is -0.0322. The van der Waals surface area contributed by atoms with E-state index in [1.807, 2.05) is 39.0 Å². The molecule has 1 N–H and O–H groups in total. The summed E-state index contributed by atoms with van der Waals surface area (Å²) >= 11 is 7.53. The second-order valence-corrected chi connectivity index (χ2v) is 8.70. The zero-order chi connectivity index (χ0) is 21.7. The summed E-state index contributed by atoms with van der Waals surface area (Å²) in [7, 11) is 0. The number of amides is 1. The smallest absolute Gasteiger partial charge is 0.224 e. The highest BCUT2D eigenvalue weighted by Gasteiger charge is 2.13. The first-order chi connectivity index (χ1) is 14.3. The number of ketones is 1. The van der Waals surface area contributed by atoms with Gasteiger partial charge in [-0.25, -0.2) is 0 Å². The van der Waals surface area contributed by atoms with Crippen LogP contribution in [0.25, 0.3) is 5.69 Å². The van der Waals surface area contributed by atoms with Gasteiger partial charge in [0.1, 0.15) is 6.33 Å². The fourth-order valence-corrected chi connectivity index (χ4v) is 3.77. The van der Waals surface area contributed by atoms with E-state index in [-0.39, 0.29) is 17.4 Å². The lowest BCUT2D eigenvalue weighted by Crippen LogP contribution is -2.14. The molecule has 0 unspecified atom stereocenters. The number of carbonyl (C=O) groups is 2. The fraction of sp³-hybridized carbons (Fsp3) is 0.273. The highest BCUT2D eigenvalue weighted by Crippen LogP contribution is 2.24. The number of aryl methyl sites for hydroxylation is 1. The number of aromatic nitrogens is 3. The van der Waals surface area contributed by atoms with Crippen molar-refractivity contribution in [2.45, 2.75) is 32.3 Å². The number of hydrogen-bond acceptors (Lipinski definition) is 5. The average molecular weight is 443 g/mol. The second-order valence-electron chi connectivity index (χ2n) is 7.35. The number of thioether (sulfide) groups is 1. The highest BCUT2D eigenvalue weighted by molar-refractivity contribution is 7.99. The van der Waals surface area contributed by atoms with E-state index >= 15 is 0 Å². The summed E-state index contributed by atoms with van der Waals surface area (Å²) in [5, 5.41) is 12.2. The molecule has 0 bridgehead atoms. The number of nitrogens with zero attached hydrogens (tertiary/aromatic N) is 3. The fourth-order valence-electron chi connectivity index (χ4n) is 2.77. The van der Waals surface area contributed by atoms with E-state index in [1.54, 1.807) is 35.2 Å². The third-order valence-corrected chi connectivity index (χ3v) is 5.72. The zero-order valence-corrected chi connectivity index (χ0v) is 18.6. The molecule has 1 amide bonds. The third kappa shape index (κ3) is 5.70. The first-order valence-corrected chi connectivity index (χ1v) is 10.9. The highest BCUT2D eigenvalue weighted by atomic mass is 35.5. The van der Waals surface area contributed by atoms with Crippen LogP contribution in [0.3, 0.4) is 0 Å². The number of Topliss-reactive ketones (excluding diaryl/α,β-unsaturated/α-hetero) is 1. The maximum atomic E-state index is 12.6. The molecule has 1 heterocycles. The molecular weight excluding hydrogens is 420 g/mol. The SMILES string of the molecule is Cc1ccc(-n2cnnc2SCC(=O)c2ccc(NC(=O)CC(C)C)cc2)cc1Cl. The van der Waals surface area contributed by atoms with Crippen molar-refractivity contribution >= 4 is 40.7 Å². The van der Waals surface area contributed by atoms with E-state index in [4.69, 9.17) is 11.6 Å². The summed E-state index contributed by atoms with van der Waals surface area (Å²) in [6.07, 6.45) is 2.06. The standard InChI is InChI=1S/C22H23ClN4O2S/c1-14(2)10-21(29)25-17-7-5-16(6-8-17)20(28)12-30-22-26-24-13-27(22)18-9-4-15(3)19(23)11-18/h4-9,11,13-14H,10,12H2,1-3H3,(H,25,29). The lowest BCUT2D eigenvalue weighted by Gasteiger charge is -2.09. The lowest BCUT2D eigenvalue weighted by molar-refractivity contribution is -0.116. The number of carbonyl (C=O) groups excluding carboxylic acids is 2. The quantitative estimate of drug-likeness (QED) is 0.383. The van der Waals surface area contributed by atoms with Gasteiger partial charge in [-0.15, -0.1) is 10.2 Å². The molecule has 0 aliphatic rings. The molecule has 0 atom stereocenters. The van der Waals surface area contributed by atoms with Gasteiger partial charge in [0.15, 0.2) is 10.9 Å². The van der Waals surface area contributed by atoms with Crippen LogP contribution >= 0.6 is 23.4 Å². The molecule has 30 heavy (non-hydrogen) atoms. The Morgan fingerprint density at radius 2 is 1.90 bits per heavy atom. The molecule has 3 rings (SSSR count). The van der Waals surface area contributed by atoms with Crippen LogP contribution in [0.2, 0.25) is 5.02 Å². The van der Waals surface area contributed by atoms with Crippen molar-refractivity contribution in [1.29, 1.82) is 0 Å². The van der Waals surface area contributed by atoms with Gasteiger partial charge in [-0.05, 0) is 54.8 Å². The van der Waals surface area contributed by atoms with Gasteiger partial charge in [0.2, 0.25) is 5.91 Å². The molecule has 0 saturated carbocycles. The van der Waals surface area contributed by atoms with E-state index < -0.39 is 0 Å². The molecular formula is C22H23ClN4O2S. The van der Waals surface area contributed by atoms with Crippen molar-refractivity contribution in [3.8, 4) is 5.69 Å². The van der Waals surface area contributed by atoms with Gasteiger partial charge in [-0.1, -0.05) is 43.3 Å². The average Bonchev–Trinajstić information content (AvgIpc) is 3.16. The largest absolute Gasteiger partial charge is 0.326 e. The molecule has 0 spiro atoms. The summed E-state index contributed by atoms with van der Waals surface area (Å²) in [5.74, 6) is 0.449. The molecule has 0 fully saturated rings. The first-order valence-electron chi connectivity index (χ1n) is 9.56. The second kappa shape index (κ2) is 9.91. The van der Waals surface area contributed by atoms with Crippen molar-refractivity contribution in [3.05, 3.63) is 64.9 Å². The summed E-state index contributed by atoms with van der Waals surface area (Å²) in [5.41, 5.74) is 3.09. The Bertz CT molecular complexity index is 1050. The minimum absolute atomic E-state index is 0.0310. The van der Waals surface area contributed by atoms with E-state index in [1.165, 1.54) is 11.8 Å². The van der Waals surface area contributed by atoms with Crippen LogP contribution in [0.4, 0.5) is 5.69 Å². The summed E-state index contributed by atoms with van der Waals surface area (Å²) in [4.78, 5) is 24.4. The molecule has 6 nitrogen and oxygen atoms in total. The van der Waals surface area contributed by atoms with Crippen molar-refractivity contribution in [3.63, 3.8) is 0 Å². The molecule has 0 saturated heterocycles. The van der Waals surface area contributed by atoms with Gasteiger partial charge >= 0.3 is 0 Å². The van der Waals surface area contributed by atoms with Crippen molar-refractivity contribution in [2.75, 3.05) is 11.1 Å². The maximum Gasteiger partial charge on any atom is 0.224 e. The number of hydrogen-bond donors (Lipinski definition) is 1. The van der Waals surface area contributed by atoms with Crippen LogP contribution in [0.5, 0.6) is 0 Å². The Hall–Kier alpha value is -2.64. The Labute approximate surface area is 185 Å². The maximum absolute atomic E-state index is 12.6. The molecule has 0 radical (unpaired) electrons. The molecule has 0 aliphatic heterocycles. The van der Waals surface area contributed by atoms with Gasteiger partial charge in [0.25, 0.3) is 0 Å². The molecule has 8 heteroatoms. The van der Waals surface area contributed by atoms with Gasteiger partial charge in [0.05, 0.1) is 11.4 Å². The van der Waals surface area contributed by atoms with Crippen LogP contribution in [-0.2, 0) is 4.79 Å². The number of nitrogens with one attached hydrogen (secondary N) is 1. The van der Waals surface area contributed by atoms with E-state index in [0.717, 1.165) is 11.3 Å². The van der Waals surface area contributed by atoms with Crippen LogP contribution < -0.4 is 5.32 Å². The predicted octanol–water partition coefficient (Wildman–Crippen LogP) is 5.19. The van der Waals surface area contributed by atoms with Crippen molar-refractivity contribution in [1.82, 2.24) is 14.8 Å². The lowest BCUT2D eigenvalue weighted by atomic mass is 10.1. The molecule has 1 aromatic heterocycles. The van der Waals surface area contributed by atoms with E-state index in [2.05, 4.69) is 15.5 Å². The normalized spacial score (nSPS) is 11.0. The zero-order valence-electron chi connectivity index (χ0n) is 17.1. The van der Waals surface area contributed by atoms with Crippen LogP contribution in [0.15, 0.2) is 53.9 Å². The Kier molecular flexibility index (Phi) is 7.29. The number of benzene rings is 2. The Morgan fingerprint density at radius 1 is 1.17 bits per heavy atom. The number of rotatable bonds is 8. The Balaban J connectivity index is 1.62. The van der Waals surface area contributed by atoms with Crippen LogP contribution in [0.1, 0.15) is 36.2 Å². The summed E-state index contributed by atoms with van der Waals surface area (Å²) in [6.45, 7) is 5.92. The van der Waals surface area contributed by atoms with Gasteiger partial charge in [-0.3, -0.25) is 14.2 Å². The third-order valence-electron chi connectivity index (χ3n) is 4.37. The van der Waals surface area contributed by atoms with Crippen LogP contribution in [-0.4, -0.2) is 32.2 Å². The molecule has 0 aliphatic carbocycles. The molecule has 2 aromatic carbocycles. The number of halogens is 1. The topological polar surface area (TPSA) is 76.9 Å². The number of anilines is 1. The molecule has 156 valence electrons.